The molecule has 1 fully saturated rings. The largest absolute Gasteiger partial charge is 0.456 e. The van der Waals surface area contributed by atoms with Crippen LogP contribution >= 0.6 is 0 Å². The molecule has 0 radical (unpaired) electrons. The maximum Gasteiger partial charge on any atom is 0.219 e. The van der Waals surface area contributed by atoms with E-state index in [-0.39, 0.29) is 5.91 Å². The van der Waals surface area contributed by atoms with Crippen LogP contribution in [0.2, 0.25) is 0 Å². The highest BCUT2D eigenvalue weighted by Crippen LogP contribution is 2.28. The van der Waals surface area contributed by atoms with Crippen LogP contribution in [0.1, 0.15) is 25.5 Å². The minimum absolute atomic E-state index is 0.225. The topological polar surface area (TPSA) is 93.2 Å². The number of aromatic amines is 1. The molecule has 4 heterocycles. The highest BCUT2D eigenvalue weighted by molar-refractivity contribution is 5.86. The van der Waals surface area contributed by atoms with Crippen LogP contribution in [0.25, 0.3) is 22.3 Å². The molecular weight excluding hydrogens is 418 g/mol. The van der Waals surface area contributed by atoms with Crippen LogP contribution in [-0.4, -0.2) is 50.9 Å². The molecule has 5 rings (SSSR count). The van der Waals surface area contributed by atoms with Gasteiger partial charge in [0.25, 0.3) is 0 Å². The number of H-pyrrole nitrogens is 1. The van der Waals surface area contributed by atoms with E-state index in [2.05, 4.69) is 19.9 Å². The number of aromatic nitrogens is 4. The molecule has 8 nitrogen and oxygen atoms in total. The van der Waals surface area contributed by atoms with Crippen molar-refractivity contribution in [2.75, 3.05) is 20.2 Å². The van der Waals surface area contributed by atoms with Crippen LogP contribution in [0.4, 0.5) is 0 Å². The number of nitrogens with one attached hydrogen (secondary N) is 1. The quantitative estimate of drug-likeness (QED) is 0.483. The van der Waals surface area contributed by atoms with E-state index in [9.17, 15) is 4.79 Å². The fourth-order valence-electron chi connectivity index (χ4n) is 3.62. The van der Waals surface area contributed by atoms with Crippen molar-refractivity contribution in [2.24, 2.45) is 0 Å². The minimum atomic E-state index is 0.225. The molecule has 1 aromatic carbocycles. The van der Waals surface area contributed by atoms with Gasteiger partial charge in [-0.25, -0.2) is 0 Å². The summed E-state index contributed by atoms with van der Waals surface area (Å²) >= 11 is 0. The van der Waals surface area contributed by atoms with Crippen LogP contribution in [0.5, 0.6) is 11.5 Å². The molecule has 1 aliphatic heterocycles. The van der Waals surface area contributed by atoms with E-state index in [1.54, 1.807) is 38.8 Å². The molecular formula is C25H27N5O3. The first-order valence-corrected chi connectivity index (χ1v) is 10.9. The molecule has 0 spiro atoms. The molecule has 1 N–H and O–H groups in total. The molecule has 3 aromatic heterocycles. The molecule has 8 heteroatoms. The van der Waals surface area contributed by atoms with Crippen molar-refractivity contribution < 1.29 is 14.3 Å². The van der Waals surface area contributed by atoms with E-state index >= 15 is 0 Å². The molecule has 170 valence electrons. The van der Waals surface area contributed by atoms with Crippen molar-refractivity contribution in [1.29, 1.82) is 0 Å². The van der Waals surface area contributed by atoms with Crippen LogP contribution in [0.3, 0.4) is 0 Å². The summed E-state index contributed by atoms with van der Waals surface area (Å²) in [4.78, 5) is 28.5. The number of ether oxygens (including phenoxy) is 2. The van der Waals surface area contributed by atoms with Crippen molar-refractivity contribution in [1.82, 2.24) is 24.8 Å². The molecule has 0 atom stereocenters. The predicted molar refractivity (Wildman–Crippen MR) is 126 cm³/mol. The zero-order valence-electron chi connectivity index (χ0n) is 18.8. The lowest BCUT2D eigenvalue weighted by atomic mass is 10.2. The summed E-state index contributed by atoms with van der Waals surface area (Å²) in [6.07, 6.45) is 9.15. The Balaban J connectivity index is 0.000000275. The van der Waals surface area contributed by atoms with E-state index in [0.29, 0.717) is 12.4 Å². The highest BCUT2D eigenvalue weighted by atomic mass is 16.5. The fraction of sp³-hybridized carbons (Fsp3) is 0.280. The van der Waals surface area contributed by atoms with Crippen LogP contribution in [-0.2, 0) is 16.1 Å². The maximum absolute atomic E-state index is 10.6. The Kier molecular flexibility index (Phi) is 7.26. The number of hydrogen-bond acceptors (Lipinski definition) is 6. The molecule has 0 aliphatic carbocycles. The SMILES string of the molecule is CC(=O)N1CCCC1.COCc1ccc(Oc2ccc3[nH]c(-c4cnccn4)cc3c2)cn1. The monoisotopic (exact) mass is 445 g/mol. The van der Waals surface area contributed by atoms with Gasteiger partial charge in [-0.05, 0) is 49.2 Å². The summed E-state index contributed by atoms with van der Waals surface area (Å²) < 4.78 is 10.9. The fourth-order valence-corrected chi connectivity index (χ4v) is 3.62. The number of carbonyl (C=O) groups excluding carboxylic acids is 1. The first-order chi connectivity index (χ1) is 16.1. The van der Waals surface area contributed by atoms with E-state index in [4.69, 9.17) is 9.47 Å². The molecule has 1 amide bonds. The van der Waals surface area contributed by atoms with Gasteiger partial charge >= 0.3 is 0 Å². The maximum atomic E-state index is 10.6. The van der Waals surface area contributed by atoms with Gasteiger partial charge in [0.1, 0.15) is 17.2 Å². The van der Waals surface area contributed by atoms with E-state index < -0.39 is 0 Å². The first kappa shape index (κ1) is 22.4. The van der Waals surface area contributed by atoms with E-state index in [0.717, 1.165) is 46.8 Å². The smallest absolute Gasteiger partial charge is 0.219 e. The van der Waals surface area contributed by atoms with Gasteiger partial charge in [-0.15, -0.1) is 0 Å². The third-order valence-electron chi connectivity index (χ3n) is 5.31. The van der Waals surface area contributed by atoms with Gasteiger partial charge in [0.15, 0.2) is 0 Å². The van der Waals surface area contributed by atoms with E-state index in [1.807, 2.05) is 41.3 Å². The van der Waals surface area contributed by atoms with Gasteiger partial charge < -0.3 is 19.4 Å². The Hall–Kier alpha value is -3.78. The molecule has 1 saturated heterocycles. The van der Waals surface area contributed by atoms with Gasteiger partial charge in [-0.2, -0.15) is 0 Å². The van der Waals surface area contributed by atoms with Crippen LogP contribution in [0, 0.1) is 0 Å². The Morgan fingerprint density at radius 2 is 1.85 bits per heavy atom. The average molecular weight is 446 g/mol. The predicted octanol–water partition coefficient (Wildman–Crippen LogP) is 4.59. The third kappa shape index (κ3) is 5.93. The summed E-state index contributed by atoms with van der Waals surface area (Å²) in [5.74, 6) is 1.66. The van der Waals surface area contributed by atoms with Gasteiger partial charge in [0.05, 0.1) is 30.4 Å². The highest BCUT2D eigenvalue weighted by Gasteiger charge is 2.12. The Morgan fingerprint density at radius 3 is 2.48 bits per heavy atom. The van der Waals surface area contributed by atoms with Gasteiger partial charge in [0, 0.05) is 50.4 Å². The zero-order chi connectivity index (χ0) is 23.0. The van der Waals surface area contributed by atoms with Crippen molar-refractivity contribution in [3.05, 3.63) is 66.9 Å². The number of fused-ring (bicyclic) bond motifs is 1. The van der Waals surface area contributed by atoms with Gasteiger partial charge in [-0.1, -0.05) is 0 Å². The summed E-state index contributed by atoms with van der Waals surface area (Å²) in [6, 6.07) is 11.7. The zero-order valence-corrected chi connectivity index (χ0v) is 18.8. The third-order valence-corrected chi connectivity index (χ3v) is 5.31. The Morgan fingerprint density at radius 1 is 1.03 bits per heavy atom. The van der Waals surface area contributed by atoms with Crippen molar-refractivity contribution >= 4 is 16.8 Å². The number of nitrogens with zero attached hydrogens (tertiary/aromatic N) is 4. The van der Waals surface area contributed by atoms with E-state index in [1.165, 1.54) is 12.8 Å². The number of amides is 1. The van der Waals surface area contributed by atoms with Crippen LogP contribution < -0.4 is 4.74 Å². The lowest BCUT2D eigenvalue weighted by Gasteiger charge is -2.10. The molecule has 0 bridgehead atoms. The first-order valence-electron chi connectivity index (χ1n) is 10.9. The standard InChI is InChI=1S/C19H16N4O2.C6H11NO/c1-24-12-14-2-3-16(10-22-14)25-15-4-5-17-13(8-15)9-18(23-17)19-11-20-6-7-21-19;1-6(8)7-4-2-3-5-7/h2-11,23H,12H2,1H3;2-5H2,1H3. The summed E-state index contributed by atoms with van der Waals surface area (Å²) in [6.45, 7) is 4.08. The number of likely N-dealkylation sites (tertiary alicyclic amines) is 1. The Labute approximate surface area is 192 Å². The molecule has 4 aromatic rings. The minimum Gasteiger partial charge on any atom is -0.456 e. The second-order valence-electron chi connectivity index (χ2n) is 7.76. The molecule has 0 unspecified atom stereocenters. The number of hydrogen-bond donors (Lipinski definition) is 1. The number of carbonyl (C=O) groups is 1. The normalized spacial score (nSPS) is 13.0. The number of methoxy groups -OCH3 is 1. The summed E-state index contributed by atoms with van der Waals surface area (Å²) in [5.41, 5.74) is 3.61. The van der Waals surface area contributed by atoms with Crippen molar-refractivity contribution in [2.45, 2.75) is 26.4 Å². The summed E-state index contributed by atoms with van der Waals surface area (Å²) in [5, 5.41) is 1.04. The number of benzene rings is 1. The number of rotatable bonds is 5. The van der Waals surface area contributed by atoms with Gasteiger partial charge in [-0.3, -0.25) is 19.7 Å². The molecule has 1 aliphatic rings. The second kappa shape index (κ2) is 10.7. The van der Waals surface area contributed by atoms with Crippen LogP contribution in [0.15, 0.2) is 61.2 Å². The lowest BCUT2D eigenvalue weighted by Crippen LogP contribution is -2.24. The van der Waals surface area contributed by atoms with Gasteiger partial charge in [0.2, 0.25) is 5.91 Å². The number of pyridine rings is 1. The molecule has 33 heavy (non-hydrogen) atoms. The second-order valence-corrected chi connectivity index (χ2v) is 7.76. The van der Waals surface area contributed by atoms with Crippen molar-refractivity contribution in [3.8, 4) is 22.9 Å². The molecule has 0 saturated carbocycles. The average Bonchev–Trinajstić information content (AvgIpc) is 3.52. The summed E-state index contributed by atoms with van der Waals surface area (Å²) in [7, 11) is 1.65. The Bertz CT molecular complexity index is 1190. The lowest BCUT2D eigenvalue weighted by molar-refractivity contribution is -0.127. The van der Waals surface area contributed by atoms with Crippen molar-refractivity contribution in [3.63, 3.8) is 0 Å².